The molecule has 1 aliphatic rings. The van der Waals surface area contributed by atoms with Crippen LogP contribution in [0.25, 0.3) is 6.08 Å². The highest BCUT2D eigenvalue weighted by Gasteiger charge is 2.26. The molecule has 94 valence electrons. The maximum Gasteiger partial charge on any atom is 0.279 e. The summed E-state index contributed by atoms with van der Waals surface area (Å²) in [5, 5.41) is 0. The number of carbonyl (C=O) groups excluding carboxylic acids is 1. The van der Waals surface area contributed by atoms with E-state index < -0.39 is 5.91 Å². The molecule has 1 aliphatic heterocycles. The van der Waals surface area contributed by atoms with Crippen LogP contribution in [0.1, 0.15) is 18.9 Å². The second kappa shape index (κ2) is 4.91. The molecule has 1 aromatic rings. The van der Waals surface area contributed by atoms with E-state index >= 15 is 0 Å². The molecule has 5 nitrogen and oxygen atoms in total. The zero-order chi connectivity index (χ0) is 13.1. The molecular formula is C13H15N3O2. The van der Waals surface area contributed by atoms with Crippen molar-refractivity contribution in [1.29, 1.82) is 0 Å². The number of amides is 1. The van der Waals surface area contributed by atoms with Gasteiger partial charge < -0.3 is 16.2 Å². The monoisotopic (exact) mass is 245 g/mol. The van der Waals surface area contributed by atoms with Gasteiger partial charge in [0.05, 0.1) is 5.57 Å². The lowest BCUT2D eigenvalue weighted by Gasteiger charge is -2.24. The lowest BCUT2D eigenvalue weighted by molar-refractivity contribution is -0.115. The van der Waals surface area contributed by atoms with Gasteiger partial charge in [-0.05, 0) is 18.6 Å². The number of hydrogen-bond acceptors (Lipinski definition) is 2. The van der Waals surface area contributed by atoms with Gasteiger partial charge in [0.2, 0.25) is 0 Å². The van der Waals surface area contributed by atoms with Crippen molar-refractivity contribution < 1.29 is 9.53 Å². The van der Waals surface area contributed by atoms with Crippen molar-refractivity contribution in [1.82, 2.24) is 0 Å². The molecule has 2 rings (SSSR count). The van der Waals surface area contributed by atoms with E-state index in [-0.39, 0.29) is 12.1 Å². The van der Waals surface area contributed by atoms with Crippen LogP contribution < -0.4 is 16.2 Å². The van der Waals surface area contributed by atoms with Crippen molar-refractivity contribution in [2.45, 2.75) is 19.4 Å². The van der Waals surface area contributed by atoms with Crippen molar-refractivity contribution in [3.8, 4) is 5.75 Å². The Morgan fingerprint density at radius 2 is 2.11 bits per heavy atom. The summed E-state index contributed by atoms with van der Waals surface area (Å²) in [5.74, 6) is 0.0802. The van der Waals surface area contributed by atoms with Gasteiger partial charge in [-0.1, -0.05) is 25.1 Å². The van der Waals surface area contributed by atoms with Crippen LogP contribution in [-0.2, 0) is 4.79 Å². The summed E-state index contributed by atoms with van der Waals surface area (Å²) in [4.78, 5) is 15.4. The van der Waals surface area contributed by atoms with E-state index in [1.807, 2.05) is 31.2 Å². The summed E-state index contributed by atoms with van der Waals surface area (Å²) < 4.78 is 5.76. The molecule has 1 unspecified atom stereocenters. The minimum Gasteiger partial charge on any atom is -0.485 e. The molecule has 1 atom stereocenters. The van der Waals surface area contributed by atoms with Gasteiger partial charge in [-0.3, -0.25) is 4.79 Å². The third-order valence-corrected chi connectivity index (χ3v) is 2.69. The predicted octanol–water partition coefficient (Wildman–Crippen LogP) is 1.04. The van der Waals surface area contributed by atoms with E-state index in [9.17, 15) is 4.79 Å². The van der Waals surface area contributed by atoms with Crippen molar-refractivity contribution >= 4 is 17.9 Å². The number of aliphatic imine (C=N–C) groups is 1. The number of rotatable bonds is 2. The first-order valence-corrected chi connectivity index (χ1v) is 5.73. The van der Waals surface area contributed by atoms with Crippen LogP contribution in [-0.4, -0.2) is 18.0 Å². The zero-order valence-electron chi connectivity index (χ0n) is 10.1. The Hall–Kier alpha value is -2.30. The number of nitrogens with zero attached hydrogens (tertiary/aromatic N) is 1. The first kappa shape index (κ1) is 12.2. The Labute approximate surface area is 105 Å². The van der Waals surface area contributed by atoms with Crippen molar-refractivity contribution in [3.63, 3.8) is 0 Å². The quantitative estimate of drug-likeness (QED) is 0.601. The van der Waals surface area contributed by atoms with Crippen LogP contribution in [0, 0.1) is 0 Å². The summed E-state index contributed by atoms with van der Waals surface area (Å²) in [6.07, 6.45) is 2.14. The summed E-state index contributed by atoms with van der Waals surface area (Å²) in [6, 6.07) is 7.52. The maximum atomic E-state index is 11.9. The molecule has 0 saturated carbocycles. The van der Waals surface area contributed by atoms with Gasteiger partial charge >= 0.3 is 0 Å². The summed E-state index contributed by atoms with van der Waals surface area (Å²) in [5.41, 5.74) is 11.8. The van der Waals surface area contributed by atoms with E-state index in [0.717, 1.165) is 11.3 Å². The smallest absolute Gasteiger partial charge is 0.279 e. The highest BCUT2D eigenvalue weighted by atomic mass is 16.5. The van der Waals surface area contributed by atoms with Crippen LogP contribution in [0.15, 0.2) is 34.8 Å². The van der Waals surface area contributed by atoms with E-state index in [2.05, 4.69) is 4.99 Å². The average Bonchev–Trinajstić information content (AvgIpc) is 2.36. The van der Waals surface area contributed by atoms with E-state index in [1.54, 1.807) is 6.08 Å². The lowest BCUT2D eigenvalue weighted by atomic mass is 9.99. The van der Waals surface area contributed by atoms with E-state index in [0.29, 0.717) is 12.0 Å². The van der Waals surface area contributed by atoms with Gasteiger partial charge in [0.25, 0.3) is 5.91 Å². The van der Waals surface area contributed by atoms with Crippen LogP contribution in [0.4, 0.5) is 0 Å². The Balaban J connectivity index is 2.41. The molecular weight excluding hydrogens is 230 g/mol. The average molecular weight is 245 g/mol. The Bertz CT molecular complexity index is 531. The zero-order valence-corrected chi connectivity index (χ0v) is 10.1. The van der Waals surface area contributed by atoms with Crippen LogP contribution in [0.2, 0.25) is 0 Å². The minimum absolute atomic E-state index is 0.241. The third kappa shape index (κ3) is 2.34. The van der Waals surface area contributed by atoms with Gasteiger partial charge in [-0.25, -0.2) is 0 Å². The van der Waals surface area contributed by atoms with Crippen LogP contribution in [0.5, 0.6) is 5.75 Å². The summed E-state index contributed by atoms with van der Waals surface area (Å²) >= 11 is 0. The Kier molecular flexibility index (Phi) is 3.32. The first-order valence-electron chi connectivity index (χ1n) is 5.73. The summed E-state index contributed by atoms with van der Waals surface area (Å²) in [6.45, 7) is 1.94. The van der Waals surface area contributed by atoms with Gasteiger partial charge in [-0.2, -0.15) is 4.99 Å². The minimum atomic E-state index is -0.448. The normalized spacial score (nSPS) is 17.2. The topological polar surface area (TPSA) is 90.7 Å². The van der Waals surface area contributed by atoms with Crippen molar-refractivity contribution in [2.75, 3.05) is 0 Å². The van der Waals surface area contributed by atoms with Crippen LogP contribution in [0.3, 0.4) is 0 Å². The molecule has 0 spiro atoms. The van der Waals surface area contributed by atoms with Gasteiger partial charge in [0, 0.05) is 5.56 Å². The molecule has 0 radical (unpaired) electrons. The fourth-order valence-corrected chi connectivity index (χ4v) is 1.87. The molecule has 1 aromatic carbocycles. The SMILES string of the molecule is CCC1Oc2ccccc2C=C1C(=O)N=C(N)N. The molecule has 0 aromatic heterocycles. The molecule has 4 N–H and O–H groups in total. The fourth-order valence-electron chi connectivity index (χ4n) is 1.87. The van der Waals surface area contributed by atoms with Gasteiger partial charge in [0.15, 0.2) is 5.96 Å². The number of ether oxygens (including phenoxy) is 1. The fraction of sp³-hybridized carbons (Fsp3) is 0.231. The molecule has 0 aliphatic carbocycles. The third-order valence-electron chi connectivity index (χ3n) is 2.69. The molecule has 1 amide bonds. The van der Waals surface area contributed by atoms with Crippen molar-refractivity contribution in [3.05, 3.63) is 35.4 Å². The molecule has 0 bridgehead atoms. The van der Waals surface area contributed by atoms with Crippen LogP contribution >= 0.6 is 0 Å². The number of carbonyl (C=O) groups is 1. The highest BCUT2D eigenvalue weighted by Crippen LogP contribution is 2.30. The molecule has 18 heavy (non-hydrogen) atoms. The predicted molar refractivity (Wildman–Crippen MR) is 69.9 cm³/mol. The molecule has 1 heterocycles. The first-order chi connectivity index (χ1) is 8.61. The number of nitrogens with two attached hydrogens (primary N) is 2. The largest absolute Gasteiger partial charge is 0.485 e. The molecule has 0 fully saturated rings. The van der Waals surface area contributed by atoms with Gasteiger partial charge in [-0.15, -0.1) is 0 Å². The second-order valence-corrected chi connectivity index (χ2v) is 3.99. The number of para-hydroxylation sites is 1. The Morgan fingerprint density at radius 3 is 2.78 bits per heavy atom. The highest BCUT2D eigenvalue weighted by molar-refractivity contribution is 6.05. The number of benzene rings is 1. The summed E-state index contributed by atoms with van der Waals surface area (Å²) in [7, 11) is 0. The van der Waals surface area contributed by atoms with Gasteiger partial charge in [0.1, 0.15) is 11.9 Å². The number of fused-ring (bicyclic) bond motifs is 1. The van der Waals surface area contributed by atoms with Crippen molar-refractivity contribution in [2.24, 2.45) is 16.5 Å². The lowest BCUT2D eigenvalue weighted by Crippen LogP contribution is -2.29. The second-order valence-electron chi connectivity index (χ2n) is 3.99. The molecule has 5 heteroatoms. The molecule has 0 saturated heterocycles. The van der Waals surface area contributed by atoms with E-state index in [1.165, 1.54) is 0 Å². The number of guanidine groups is 1. The Morgan fingerprint density at radius 1 is 1.39 bits per heavy atom. The standard InChI is InChI=1S/C13H15N3O2/c1-2-10-9(12(17)16-13(14)15)7-8-5-3-4-6-11(8)18-10/h3-7,10H,2H2,1H3,(H4,14,15,16,17). The van der Waals surface area contributed by atoms with E-state index in [4.69, 9.17) is 16.2 Å². The number of hydrogen-bond donors (Lipinski definition) is 2. The maximum absolute atomic E-state index is 11.9.